The van der Waals surface area contributed by atoms with Crippen molar-refractivity contribution in [2.45, 2.75) is 26.3 Å². The van der Waals surface area contributed by atoms with Crippen LogP contribution in [0.3, 0.4) is 0 Å². The number of aromatic nitrogens is 2. The van der Waals surface area contributed by atoms with E-state index in [1.54, 1.807) is 13.1 Å². The predicted octanol–water partition coefficient (Wildman–Crippen LogP) is 0.527. The monoisotopic (exact) mass is 225 g/mol. The third-order valence-electron chi connectivity index (χ3n) is 2.09. The van der Waals surface area contributed by atoms with Crippen LogP contribution < -0.4 is 5.32 Å². The topological polar surface area (TPSA) is 95.1 Å². The standard InChI is InChI=1S/C10H15N3O3/c1-7(3-10(15)16)2-9(14)12-5-8-4-11-6-13-8/h4,6-7H,2-3,5H2,1H3,(H,11,13)(H,12,14)(H,15,16). The summed E-state index contributed by atoms with van der Waals surface area (Å²) in [6, 6.07) is 0. The Balaban J connectivity index is 2.23. The fourth-order valence-electron chi connectivity index (χ4n) is 1.33. The maximum Gasteiger partial charge on any atom is 0.303 e. The molecule has 1 rings (SSSR count). The number of aliphatic carboxylic acids is 1. The van der Waals surface area contributed by atoms with Gasteiger partial charge in [-0.1, -0.05) is 6.92 Å². The van der Waals surface area contributed by atoms with E-state index < -0.39 is 5.97 Å². The number of carboxylic acids is 1. The van der Waals surface area contributed by atoms with Crippen molar-refractivity contribution >= 4 is 11.9 Å². The van der Waals surface area contributed by atoms with Crippen LogP contribution in [0.15, 0.2) is 12.5 Å². The van der Waals surface area contributed by atoms with Crippen LogP contribution in [0.1, 0.15) is 25.5 Å². The number of carbonyl (C=O) groups excluding carboxylic acids is 1. The van der Waals surface area contributed by atoms with E-state index in [-0.39, 0.29) is 24.7 Å². The molecule has 1 heterocycles. The zero-order valence-electron chi connectivity index (χ0n) is 9.06. The van der Waals surface area contributed by atoms with Crippen molar-refractivity contribution in [3.05, 3.63) is 18.2 Å². The fraction of sp³-hybridized carbons (Fsp3) is 0.500. The molecule has 1 aromatic heterocycles. The van der Waals surface area contributed by atoms with Gasteiger partial charge in [0, 0.05) is 19.0 Å². The zero-order valence-corrected chi connectivity index (χ0v) is 9.06. The zero-order chi connectivity index (χ0) is 12.0. The smallest absolute Gasteiger partial charge is 0.303 e. The highest BCUT2D eigenvalue weighted by Gasteiger charge is 2.12. The van der Waals surface area contributed by atoms with Gasteiger partial charge >= 0.3 is 5.97 Å². The minimum atomic E-state index is -0.881. The number of aromatic amines is 1. The van der Waals surface area contributed by atoms with E-state index in [4.69, 9.17) is 5.11 Å². The van der Waals surface area contributed by atoms with Crippen LogP contribution in [0.2, 0.25) is 0 Å². The molecule has 0 aromatic carbocycles. The van der Waals surface area contributed by atoms with Crippen LogP contribution in [0, 0.1) is 5.92 Å². The second-order valence-electron chi connectivity index (χ2n) is 3.76. The lowest BCUT2D eigenvalue weighted by atomic mass is 10.0. The number of hydrogen-bond donors (Lipinski definition) is 3. The molecule has 0 radical (unpaired) electrons. The molecule has 0 fully saturated rings. The number of carboxylic acid groups (broad SMARTS) is 1. The van der Waals surface area contributed by atoms with E-state index in [1.807, 2.05) is 0 Å². The third-order valence-corrected chi connectivity index (χ3v) is 2.09. The summed E-state index contributed by atoms with van der Waals surface area (Å²) in [5, 5.41) is 11.2. The van der Waals surface area contributed by atoms with Crippen LogP contribution in [-0.2, 0) is 16.1 Å². The summed E-state index contributed by atoms with van der Waals surface area (Å²) < 4.78 is 0. The summed E-state index contributed by atoms with van der Waals surface area (Å²) in [7, 11) is 0. The molecule has 1 aromatic rings. The SMILES string of the molecule is CC(CC(=O)O)CC(=O)NCc1cnc[nH]1. The molecule has 6 nitrogen and oxygen atoms in total. The van der Waals surface area contributed by atoms with Crippen LogP contribution >= 0.6 is 0 Å². The van der Waals surface area contributed by atoms with Crippen molar-refractivity contribution in [1.82, 2.24) is 15.3 Å². The second-order valence-corrected chi connectivity index (χ2v) is 3.76. The minimum Gasteiger partial charge on any atom is -0.481 e. The normalized spacial score (nSPS) is 12.1. The van der Waals surface area contributed by atoms with Crippen molar-refractivity contribution < 1.29 is 14.7 Å². The van der Waals surface area contributed by atoms with Gasteiger partial charge in [-0.2, -0.15) is 0 Å². The molecule has 1 amide bonds. The van der Waals surface area contributed by atoms with Crippen LogP contribution in [0.4, 0.5) is 0 Å². The molecule has 0 saturated heterocycles. The molecule has 3 N–H and O–H groups in total. The van der Waals surface area contributed by atoms with Gasteiger partial charge in [0.2, 0.25) is 5.91 Å². The number of nitrogens with one attached hydrogen (secondary N) is 2. The largest absolute Gasteiger partial charge is 0.481 e. The van der Waals surface area contributed by atoms with Crippen molar-refractivity contribution in [3.63, 3.8) is 0 Å². The molecule has 0 aliphatic carbocycles. The van der Waals surface area contributed by atoms with Crippen molar-refractivity contribution in [2.24, 2.45) is 5.92 Å². The Morgan fingerprint density at radius 2 is 2.31 bits per heavy atom. The molecule has 1 atom stereocenters. The highest BCUT2D eigenvalue weighted by Crippen LogP contribution is 2.06. The fourth-order valence-corrected chi connectivity index (χ4v) is 1.33. The van der Waals surface area contributed by atoms with Gasteiger partial charge in [0.05, 0.1) is 18.6 Å². The molecular formula is C10H15N3O3. The number of rotatable bonds is 6. The Bertz CT molecular complexity index is 348. The van der Waals surface area contributed by atoms with Gasteiger partial charge in [-0.3, -0.25) is 9.59 Å². The van der Waals surface area contributed by atoms with E-state index in [0.29, 0.717) is 6.54 Å². The van der Waals surface area contributed by atoms with Gasteiger partial charge in [0.25, 0.3) is 0 Å². The summed E-state index contributed by atoms with van der Waals surface area (Å²) in [6.07, 6.45) is 3.40. The average molecular weight is 225 g/mol. The number of imidazole rings is 1. The summed E-state index contributed by atoms with van der Waals surface area (Å²) in [5.41, 5.74) is 0.819. The van der Waals surface area contributed by atoms with Gasteiger partial charge < -0.3 is 15.4 Å². The first-order valence-corrected chi connectivity index (χ1v) is 5.03. The average Bonchev–Trinajstić information content (AvgIpc) is 2.65. The first kappa shape index (κ1) is 12.2. The Morgan fingerprint density at radius 1 is 1.56 bits per heavy atom. The van der Waals surface area contributed by atoms with Gasteiger partial charge in [0.15, 0.2) is 0 Å². The lowest BCUT2D eigenvalue weighted by Gasteiger charge is -2.08. The van der Waals surface area contributed by atoms with E-state index in [0.717, 1.165) is 5.69 Å². The van der Waals surface area contributed by atoms with Crippen molar-refractivity contribution in [3.8, 4) is 0 Å². The molecular weight excluding hydrogens is 210 g/mol. The molecule has 6 heteroatoms. The highest BCUT2D eigenvalue weighted by molar-refractivity contribution is 5.77. The number of carbonyl (C=O) groups is 2. The quantitative estimate of drug-likeness (QED) is 0.658. The van der Waals surface area contributed by atoms with Crippen molar-refractivity contribution in [2.75, 3.05) is 0 Å². The van der Waals surface area contributed by atoms with E-state index >= 15 is 0 Å². The summed E-state index contributed by atoms with van der Waals surface area (Å²) in [4.78, 5) is 28.5. The van der Waals surface area contributed by atoms with Gasteiger partial charge in [-0.15, -0.1) is 0 Å². The number of amides is 1. The number of hydrogen-bond acceptors (Lipinski definition) is 3. The first-order chi connectivity index (χ1) is 7.58. The molecule has 1 unspecified atom stereocenters. The molecule has 0 spiro atoms. The third kappa shape index (κ3) is 4.59. The molecule has 16 heavy (non-hydrogen) atoms. The maximum atomic E-state index is 11.4. The van der Waals surface area contributed by atoms with Gasteiger partial charge in [-0.05, 0) is 5.92 Å². The molecule has 0 bridgehead atoms. The Labute approximate surface area is 93.1 Å². The molecule has 88 valence electrons. The first-order valence-electron chi connectivity index (χ1n) is 5.03. The van der Waals surface area contributed by atoms with E-state index in [2.05, 4.69) is 15.3 Å². The summed E-state index contributed by atoms with van der Waals surface area (Å²) >= 11 is 0. The van der Waals surface area contributed by atoms with Crippen LogP contribution in [-0.4, -0.2) is 27.0 Å². The van der Waals surface area contributed by atoms with Gasteiger partial charge in [0.1, 0.15) is 0 Å². The minimum absolute atomic E-state index is 0.0114. The molecule has 0 saturated carbocycles. The Hall–Kier alpha value is -1.85. The Kier molecular flexibility index (Phi) is 4.50. The lowest BCUT2D eigenvalue weighted by Crippen LogP contribution is -2.25. The van der Waals surface area contributed by atoms with E-state index in [1.165, 1.54) is 6.33 Å². The number of nitrogens with zero attached hydrogens (tertiary/aromatic N) is 1. The molecule has 0 aliphatic heterocycles. The second kappa shape index (κ2) is 5.89. The number of H-pyrrole nitrogens is 1. The van der Waals surface area contributed by atoms with Crippen molar-refractivity contribution in [1.29, 1.82) is 0 Å². The van der Waals surface area contributed by atoms with Gasteiger partial charge in [-0.25, -0.2) is 4.98 Å². The predicted molar refractivity (Wildman–Crippen MR) is 56.5 cm³/mol. The highest BCUT2D eigenvalue weighted by atomic mass is 16.4. The summed E-state index contributed by atoms with van der Waals surface area (Å²) in [5.74, 6) is -1.18. The van der Waals surface area contributed by atoms with E-state index in [9.17, 15) is 9.59 Å². The summed E-state index contributed by atoms with van der Waals surface area (Å²) in [6.45, 7) is 2.13. The Morgan fingerprint density at radius 3 is 2.88 bits per heavy atom. The molecule has 0 aliphatic rings. The van der Waals surface area contributed by atoms with Crippen LogP contribution in [0.5, 0.6) is 0 Å². The maximum absolute atomic E-state index is 11.4. The lowest BCUT2D eigenvalue weighted by molar-refractivity contribution is -0.138. The van der Waals surface area contributed by atoms with Crippen LogP contribution in [0.25, 0.3) is 0 Å².